The zero-order valence-corrected chi connectivity index (χ0v) is 14.7. The third-order valence-electron chi connectivity index (χ3n) is 3.47. The van der Waals surface area contributed by atoms with E-state index in [1.54, 1.807) is 6.92 Å². The number of hydrogen-bond acceptors (Lipinski definition) is 5. The molecule has 126 valence electrons. The van der Waals surface area contributed by atoms with Gasteiger partial charge in [-0.3, -0.25) is 4.79 Å². The second-order valence-corrected chi connectivity index (χ2v) is 6.19. The molecule has 2 aromatic carbocycles. The van der Waals surface area contributed by atoms with Crippen LogP contribution in [0.15, 0.2) is 71.9 Å². The van der Waals surface area contributed by atoms with E-state index in [0.717, 1.165) is 22.5 Å². The quantitative estimate of drug-likeness (QED) is 0.373. The molecule has 0 aliphatic carbocycles. The van der Waals surface area contributed by atoms with Crippen LogP contribution in [-0.4, -0.2) is 28.3 Å². The molecule has 4 nitrogen and oxygen atoms in total. The molecule has 25 heavy (non-hydrogen) atoms. The molecule has 3 aromatic rings. The largest absolute Gasteiger partial charge is 0.465 e. The average molecular weight is 350 g/mol. The first kappa shape index (κ1) is 17.2. The van der Waals surface area contributed by atoms with Gasteiger partial charge < -0.3 is 4.74 Å². The van der Waals surface area contributed by atoms with E-state index in [2.05, 4.69) is 9.97 Å². The fourth-order valence-electron chi connectivity index (χ4n) is 2.33. The molecular weight excluding hydrogens is 332 g/mol. The summed E-state index contributed by atoms with van der Waals surface area (Å²) in [5.41, 5.74) is 3.70. The van der Waals surface area contributed by atoms with Gasteiger partial charge in [-0.15, -0.1) is 0 Å². The summed E-state index contributed by atoms with van der Waals surface area (Å²) in [7, 11) is 0. The number of rotatable bonds is 6. The first-order valence-electron chi connectivity index (χ1n) is 8.04. The lowest BCUT2D eigenvalue weighted by Gasteiger charge is -2.08. The van der Waals surface area contributed by atoms with E-state index >= 15 is 0 Å². The minimum Gasteiger partial charge on any atom is -0.465 e. The van der Waals surface area contributed by atoms with Crippen molar-refractivity contribution < 1.29 is 9.53 Å². The van der Waals surface area contributed by atoms with Gasteiger partial charge in [-0.2, -0.15) is 0 Å². The summed E-state index contributed by atoms with van der Waals surface area (Å²) in [4.78, 5) is 20.8. The topological polar surface area (TPSA) is 52.1 Å². The molecule has 0 atom stereocenters. The molecule has 3 rings (SSSR count). The van der Waals surface area contributed by atoms with Gasteiger partial charge in [0, 0.05) is 11.1 Å². The molecule has 0 radical (unpaired) electrons. The normalized spacial score (nSPS) is 10.4. The lowest BCUT2D eigenvalue weighted by atomic mass is 10.1. The van der Waals surface area contributed by atoms with Crippen molar-refractivity contribution in [2.75, 3.05) is 12.4 Å². The minimum absolute atomic E-state index is 0.195. The van der Waals surface area contributed by atoms with Gasteiger partial charge in [0.15, 0.2) is 5.16 Å². The Kier molecular flexibility index (Phi) is 5.80. The second-order valence-electron chi connectivity index (χ2n) is 5.25. The van der Waals surface area contributed by atoms with Crippen LogP contribution < -0.4 is 0 Å². The summed E-state index contributed by atoms with van der Waals surface area (Å²) in [6, 6.07) is 21.9. The molecule has 0 aliphatic heterocycles. The van der Waals surface area contributed by atoms with Gasteiger partial charge in [0.2, 0.25) is 0 Å². The maximum atomic E-state index is 11.6. The Labute approximate surface area is 151 Å². The standard InChI is InChI=1S/C20H18N2O2S/c1-2-24-19(23)14-25-20-21-17(15-9-5-3-6-10-15)13-18(22-20)16-11-7-4-8-12-16/h3-13H,2,14H2,1H3. The number of carbonyl (C=O) groups excluding carboxylic acids is 1. The Morgan fingerprint density at radius 2 is 1.44 bits per heavy atom. The van der Waals surface area contributed by atoms with E-state index in [4.69, 9.17) is 4.74 Å². The van der Waals surface area contributed by atoms with Crippen LogP contribution >= 0.6 is 11.8 Å². The van der Waals surface area contributed by atoms with E-state index in [0.29, 0.717) is 11.8 Å². The van der Waals surface area contributed by atoms with Gasteiger partial charge in [-0.1, -0.05) is 72.4 Å². The van der Waals surface area contributed by atoms with Crippen molar-refractivity contribution in [3.63, 3.8) is 0 Å². The van der Waals surface area contributed by atoms with Crippen molar-refractivity contribution in [1.82, 2.24) is 9.97 Å². The number of nitrogens with zero attached hydrogens (tertiary/aromatic N) is 2. The van der Waals surface area contributed by atoms with Gasteiger partial charge in [0.05, 0.1) is 23.7 Å². The van der Waals surface area contributed by atoms with Crippen LogP contribution in [0.5, 0.6) is 0 Å². The molecule has 0 aliphatic rings. The fraction of sp³-hybridized carbons (Fsp3) is 0.150. The maximum absolute atomic E-state index is 11.6. The maximum Gasteiger partial charge on any atom is 0.316 e. The summed E-state index contributed by atoms with van der Waals surface area (Å²) < 4.78 is 4.98. The Hall–Kier alpha value is -2.66. The van der Waals surface area contributed by atoms with Crippen LogP contribution in [0.4, 0.5) is 0 Å². The van der Waals surface area contributed by atoms with Crippen LogP contribution in [0, 0.1) is 0 Å². The Morgan fingerprint density at radius 1 is 0.920 bits per heavy atom. The highest BCUT2D eigenvalue weighted by atomic mass is 32.2. The van der Waals surface area contributed by atoms with E-state index in [-0.39, 0.29) is 11.7 Å². The molecule has 0 bridgehead atoms. The number of carbonyl (C=O) groups is 1. The van der Waals surface area contributed by atoms with Crippen LogP contribution in [0.3, 0.4) is 0 Å². The molecule has 1 heterocycles. The highest BCUT2D eigenvalue weighted by Crippen LogP contribution is 2.26. The number of aromatic nitrogens is 2. The summed E-state index contributed by atoms with van der Waals surface area (Å²) >= 11 is 1.29. The Morgan fingerprint density at radius 3 is 1.92 bits per heavy atom. The van der Waals surface area contributed by atoms with Gasteiger partial charge in [-0.05, 0) is 13.0 Å². The number of esters is 1. The zero-order chi connectivity index (χ0) is 17.5. The molecule has 0 unspecified atom stereocenters. The Bertz CT molecular complexity index is 781. The second kappa shape index (κ2) is 8.44. The van der Waals surface area contributed by atoms with Crippen molar-refractivity contribution in [3.8, 4) is 22.5 Å². The lowest BCUT2D eigenvalue weighted by Crippen LogP contribution is -2.07. The van der Waals surface area contributed by atoms with E-state index in [1.807, 2.05) is 66.7 Å². The summed E-state index contributed by atoms with van der Waals surface area (Å²) in [5.74, 6) is -0.0668. The third-order valence-corrected chi connectivity index (χ3v) is 4.29. The Balaban J connectivity index is 1.95. The van der Waals surface area contributed by atoms with Gasteiger partial charge in [-0.25, -0.2) is 9.97 Å². The van der Waals surface area contributed by atoms with E-state index < -0.39 is 0 Å². The number of ether oxygens (including phenoxy) is 1. The highest BCUT2D eigenvalue weighted by Gasteiger charge is 2.11. The monoisotopic (exact) mass is 350 g/mol. The van der Waals surface area contributed by atoms with Gasteiger partial charge in [0.1, 0.15) is 0 Å². The SMILES string of the molecule is CCOC(=O)CSc1nc(-c2ccccc2)cc(-c2ccccc2)n1. The van der Waals surface area contributed by atoms with Crippen LogP contribution in [0.1, 0.15) is 6.92 Å². The van der Waals surface area contributed by atoms with Crippen molar-refractivity contribution in [2.45, 2.75) is 12.1 Å². The molecule has 0 amide bonds. The average Bonchev–Trinajstić information content (AvgIpc) is 2.68. The van der Waals surface area contributed by atoms with E-state index in [1.165, 1.54) is 11.8 Å². The summed E-state index contributed by atoms with van der Waals surface area (Å²) in [6.45, 7) is 2.17. The lowest BCUT2D eigenvalue weighted by molar-refractivity contribution is -0.139. The zero-order valence-electron chi connectivity index (χ0n) is 13.9. The molecule has 0 fully saturated rings. The van der Waals surface area contributed by atoms with Crippen molar-refractivity contribution >= 4 is 17.7 Å². The highest BCUT2D eigenvalue weighted by molar-refractivity contribution is 7.99. The molecule has 0 spiro atoms. The van der Waals surface area contributed by atoms with E-state index in [9.17, 15) is 4.79 Å². The van der Waals surface area contributed by atoms with Crippen molar-refractivity contribution in [1.29, 1.82) is 0 Å². The third kappa shape index (κ3) is 4.67. The van der Waals surface area contributed by atoms with Gasteiger partial charge >= 0.3 is 5.97 Å². The molecular formula is C20H18N2O2S. The molecule has 0 saturated carbocycles. The number of hydrogen-bond donors (Lipinski definition) is 0. The number of thioether (sulfide) groups is 1. The fourth-order valence-corrected chi connectivity index (χ4v) is 2.99. The van der Waals surface area contributed by atoms with Crippen LogP contribution in [-0.2, 0) is 9.53 Å². The number of benzene rings is 2. The van der Waals surface area contributed by atoms with Crippen molar-refractivity contribution in [3.05, 3.63) is 66.7 Å². The minimum atomic E-state index is -0.262. The first-order chi connectivity index (χ1) is 12.3. The van der Waals surface area contributed by atoms with Crippen LogP contribution in [0.25, 0.3) is 22.5 Å². The molecule has 1 aromatic heterocycles. The summed E-state index contributed by atoms with van der Waals surface area (Å²) in [6.07, 6.45) is 0. The molecule has 0 saturated heterocycles. The predicted molar refractivity (Wildman–Crippen MR) is 100 cm³/mol. The smallest absolute Gasteiger partial charge is 0.316 e. The first-order valence-corrected chi connectivity index (χ1v) is 9.03. The van der Waals surface area contributed by atoms with Gasteiger partial charge in [0.25, 0.3) is 0 Å². The van der Waals surface area contributed by atoms with Crippen LogP contribution in [0.2, 0.25) is 0 Å². The molecule has 0 N–H and O–H groups in total. The van der Waals surface area contributed by atoms with Crippen molar-refractivity contribution in [2.24, 2.45) is 0 Å². The summed E-state index contributed by atoms with van der Waals surface area (Å²) in [5, 5.41) is 0.563. The molecule has 5 heteroatoms. The predicted octanol–water partition coefficient (Wildman–Crippen LogP) is 4.47.